The van der Waals surface area contributed by atoms with Crippen LogP contribution in [0.5, 0.6) is 0 Å². The van der Waals surface area contributed by atoms with E-state index in [4.69, 9.17) is 31.5 Å². The zero-order chi connectivity index (χ0) is 28.4. The van der Waals surface area contributed by atoms with Crippen LogP contribution in [-0.2, 0) is 20.6 Å². The predicted octanol–water partition coefficient (Wildman–Crippen LogP) is 4.19. The maximum absolute atomic E-state index is 13.0. The lowest BCUT2D eigenvalue weighted by Crippen LogP contribution is -2.32. The Bertz CT molecular complexity index is 1540. The summed E-state index contributed by atoms with van der Waals surface area (Å²) in [5, 5.41) is 10.3. The van der Waals surface area contributed by atoms with Crippen LogP contribution in [0, 0.1) is 13.8 Å². The molecule has 1 aliphatic heterocycles. The summed E-state index contributed by atoms with van der Waals surface area (Å²) in [6, 6.07) is 14.1. The lowest BCUT2D eigenvalue weighted by molar-refractivity contribution is -0.0562. The molecule has 4 aromatic rings. The second-order valence-electron chi connectivity index (χ2n) is 9.75. The number of benzene rings is 2. The zero-order valence-corrected chi connectivity index (χ0v) is 22.8. The lowest BCUT2D eigenvalue weighted by Gasteiger charge is -2.19. The monoisotopic (exact) mass is 564 g/mol. The summed E-state index contributed by atoms with van der Waals surface area (Å²) in [5.41, 5.74) is 9.85. The van der Waals surface area contributed by atoms with Gasteiger partial charge in [-0.05, 0) is 50.1 Å². The molecule has 2 aromatic carbocycles. The summed E-state index contributed by atoms with van der Waals surface area (Å²) in [4.78, 5) is 34.1. The molecule has 0 unspecified atom stereocenters. The first kappa shape index (κ1) is 27.6. The largest absolute Gasteiger partial charge is 0.459 e. The summed E-state index contributed by atoms with van der Waals surface area (Å²) in [6.07, 6.45) is 0.172. The second-order valence-corrected chi connectivity index (χ2v) is 10.1. The van der Waals surface area contributed by atoms with Crippen molar-refractivity contribution in [3.8, 4) is 0 Å². The van der Waals surface area contributed by atoms with Crippen molar-refractivity contribution >= 4 is 40.5 Å². The van der Waals surface area contributed by atoms with Gasteiger partial charge in [0.05, 0.1) is 16.5 Å². The highest BCUT2D eigenvalue weighted by molar-refractivity contribution is 6.34. The summed E-state index contributed by atoms with van der Waals surface area (Å²) in [6.45, 7) is 3.60. The maximum Gasteiger partial charge on any atom is 0.338 e. The van der Waals surface area contributed by atoms with Crippen molar-refractivity contribution in [2.45, 2.75) is 45.1 Å². The number of nitrogen functional groups attached to an aromatic ring is 1. The first-order chi connectivity index (χ1) is 19.2. The summed E-state index contributed by atoms with van der Waals surface area (Å²) >= 11 is 6.39. The number of carbonyl (C=O) groups excluding carboxylic acids is 2. The predicted molar refractivity (Wildman–Crippen MR) is 148 cm³/mol. The maximum atomic E-state index is 13.0. The third kappa shape index (κ3) is 5.79. The zero-order valence-electron chi connectivity index (χ0n) is 22.0. The van der Waals surface area contributed by atoms with Crippen LogP contribution in [-0.4, -0.2) is 57.0 Å². The third-order valence-corrected chi connectivity index (χ3v) is 7.08. The van der Waals surface area contributed by atoms with Crippen molar-refractivity contribution in [2.75, 3.05) is 18.9 Å². The van der Waals surface area contributed by atoms with Crippen molar-refractivity contribution in [3.63, 3.8) is 0 Å². The number of halogens is 1. The van der Waals surface area contributed by atoms with E-state index >= 15 is 0 Å². The van der Waals surface area contributed by atoms with E-state index in [0.717, 1.165) is 11.1 Å². The Morgan fingerprint density at radius 2 is 1.68 bits per heavy atom. The van der Waals surface area contributed by atoms with Gasteiger partial charge in [0, 0.05) is 19.2 Å². The molecule has 0 amide bonds. The molecule has 5 rings (SSSR count). The highest BCUT2D eigenvalue weighted by atomic mass is 35.5. The number of esters is 2. The average molecular weight is 565 g/mol. The normalized spacial score (nSPS) is 18.6. The minimum Gasteiger partial charge on any atom is -0.459 e. The Kier molecular flexibility index (Phi) is 8.02. The van der Waals surface area contributed by atoms with E-state index in [1.165, 1.54) is 0 Å². The number of hydrogen-bond donors (Lipinski definition) is 2. The van der Waals surface area contributed by atoms with Crippen LogP contribution < -0.4 is 5.73 Å². The number of ether oxygens (including phenoxy) is 3. The quantitative estimate of drug-likeness (QED) is 0.238. The van der Waals surface area contributed by atoms with Gasteiger partial charge >= 0.3 is 11.9 Å². The molecule has 0 radical (unpaired) electrons. The number of aliphatic hydroxyl groups excluding tert-OH is 1. The third-order valence-electron chi connectivity index (χ3n) is 6.81. The summed E-state index contributed by atoms with van der Waals surface area (Å²) < 4.78 is 19.5. The van der Waals surface area contributed by atoms with Crippen molar-refractivity contribution in [2.24, 2.45) is 0 Å². The van der Waals surface area contributed by atoms with Crippen LogP contribution in [0.3, 0.4) is 0 Å². The van der Waals surface area contributed by atoms with E-state index in [9.17, 15) is 14.7 Å². The molecule has 3 N–H and O–H groups in total. The van der Waals surface area contributed by atoms with Gasteiger partial charge in [-0.3, -0.25) is 0 Å². The van der Waals surface area contributed by atoms with Crippen LogP contribution in [0.4, 0.5) is 5.95 Å². The van der Waals surface area contributed by atoms with Gasteiger partial charge in [0.25, 0.3) is 0 Å². The number of aliphatic hydroxyl groups is 1. The fraction of sp³-hybridized carbons (Fsp3) is 0.310. The van der Waals surface area contributed by atoms with Crippen LogP contribution in [0.25, 0.3) is 11.0 Å². The van der Waals surface area contributed by atoms with E-state index in [2.05, 4.69) is 9.97 Å². The van der Waals surface area contributed by atoms with Gasteiger partial charge in [0.2, 0.25) is 5.95 Å². The molecule has 1 fully saturated rings. The standard InChI is InChI=1S/C29H29ClN4O6/c1-16-3-7-18(8-4-16)27(36)38-15-22-21(40-28(37)19-9-5-17(2)6-10-19)13-23(39-22)34-14-20(11-12-35)24-25(30)32-29(31)33-26(24)34/h3-10,14,21-23,35H,11-13,15H2,1-2H3,(H2,31,32,33)/t21-,22+,23+/m0/s1. The molecule has 3 heterocycles. The van der Waals surface area contributed by atoms with Crippen LogP contribution in [0.1, 0.15) is 50.1 Å². The van der Waals surface area contributed by atoms with Crippen molar-refractivity contribution in [3.05, 3.63) is 87.7 Å². The summed E-state index contributed by atoms with van der Waals surface area (Å²) in [5.74, 6) is -1.05. The smallest absolute Gasteiger partial charge is 0.338 e. The molecule has 1 saturated heterocycles. The van der Waals surface area contributed by atoms with Crippen LogP contribution in [0.15, 0.2) is 54.7 Å². The molecule has 11 heteroatoms. The van der Waals surface area contributed by atoms with Gasteiger partial charge in [0.1, 0.15) is 35.8 Å². The van der Waals surface area contributed by atoms with Gasteiger partial charge in [-0.2, -0.15) is 4.98 Å². The first-order valence-electron chi connectivity index (χ1n) is 12.8. The molecule has 2 aromatic heterocycles. The molecule has 208 valence electrons. The van der Waals surface area contributed by atoms with Crippen LogP contribution >= 0.6 is 11.6 Å². The van der Waals surface area contributed by atoms with Crippen molar-refractivity contribution < 1.29 is 28.9 Å². The van der Waals surface area contributed by atoms with Gasteiger partial charge in [-0.25, -0.2) is 14.6 Å². The topological polar surface area (TPSA) is 139 Å². The highest BCUT2D eigenvalue weighted by Gasteiger charge is 2.41. The molecule has 0 bridgehead atoms. The number of aromatic nitrogens is 3. The number of nitrogens with two attached hydrogens (primary N) is 1. The lowest BCUT2D eigenvalue weighted by atomic mass is 10.1. The molecular formula is C29H29ClN4O6. The Hall–Kier alpha value is -3.99. The van der Waals surface area contributed by atoms with E-state index in [1.807, 2.05) is 38.1 Å². The molecule has 10 nitrogen and oxygen atoms in total. The Labute approximate surface area is 235 Å². The molecular weight excluding hydrogens is 536 g/mol. The number of fused-ring (bicyclic) bond motifs is 1. The van der Waals surface area contributed by atoms with E-state index in [-0.39, 0.29) is 30.7 Å². The number of aryl methyl sites for hydroxylation is 2. The van der Waals surface area contributed by atoms with E-state index in [0.29, 0.717) is 34.1 Å². The minimum absolute atomic E-state index is 0.0173. The molecule has 0 aliphatic carbocycles. The van der Waals surface area contributed by atoms with E-state index in [1.54, 1.807) is 35.0 Å². The number of rotatable bonds is 8. The van der Waals surface area contributed by atoms with E-state index < -0.39 is 30.4 Å². The van der Waals surface area contributed by atoms with Crippen molar-refractivity contribution in [1.82, 2.24) is 14.5 Å². The highest BCUT2D eigenvalue weighted by Crippen LogP contribution is 2.37. The Morgan fingerprint density at radius 3 is 2.30 bits per heavy atom. The molecule has 0 spiro atoms. The molecule has 3 atom stereocenters. The number of nitrogens with zero attached hydrogens (tertiary/aromatic N) is 3. The molecule has 1 aliphatic rings. The SMILES string of the molecule is Cc1ccc(C(=O)OC[C@H]2O[C@@H](n3cc(CCO)c4c(Cl)nc(N)nc43)C[C@@H]2OC(=O)c2ccc(C)cc2)cc1. The van der Waals surface area contributed by atoms with Gasteiger partial charge in [-0.1, -0.05) is 47.0 Å². The fourth-order valence-corrected chi connectivity index (χ4v) is 4.99. The molecule has 40 heavy (non-hydrogen) atoms. The van der Waals surface area contributed by atoms with Gasteiger partial charge < -0.3 is 29.6 Å². The van der Waals surface area contributed by atoms with Crippen molar-refractivity contribution in [1.29, 1.82) is 0 Å². The molecule has 0 saturated carbocycles. The Balaban J connectivity index is 1.42. The number of carbonyl (C=O) groups is 2. The second kappa shape index (κ2) is 11.6. The number of hydrogen-bond acceptors (Lipinski definition) is 9. The minimum atomic E-state index is -0.762. The fourth-order valence-electron chi connectivity index (χ4n) is 4.70. The van der Waals surface area contributed by atoms with Gasteiger partial charge in [-0.15, -0.1) is 0 Å². The summed E-state index contributed by atoms with van der Waals surface area (Å²) in [7, 11) is 0. The average Bonchev–Trinajstić information content (AvgIpc) is 3.49. The Morgan fingerprint density at radius 1 is 1.05 bits per heavy atom. The number of anilines is 1. The first-order valence-corrected chi connectivity index (χ1v) is 13.2. The van der Waals surface area contributed by atoms with Gasteiger partial charge in [0.15, 0.2) is 0 Å². The van der Waals surface area contributed by atoms with Crippen LogP contribution in [0.2, 0.25) is 5.15 Å².